The molecule has 0 spiro atoms. The highest BCUT2D eigenvalue weighted by Crippen LogP contribution is 2.45. The molecule has 0 bridgehead atoms. The van der Waals surface area contributed by atoms with Crippen LogP contribution in [0.3, 0.4) is 0 Å². The van der Waals surface area contributed by atoms with Crippen molar-refractivity contribution in [2.75, 3.05) is 0 Å². The predicted molar refractivity (Wildman–Crippen MR) is 48.5 cm³/mol. The zero-order valence-corrected chi connectivity index (χ0v) is 7.68. The standard InChI is InChI=1S/C9H8O6/c1-3(11)5-6(12)4(2-10)7(13)9(15)8(5)14/h2,12-15H,1H3. The van der Waals surface area contributed by atoms with Crippen molar-refractivity contribution in [3.05, 3.63) is 11.1 Å². The molecule has 0 aliphatic rings. The molecular weight excluding hydrogens is 204 g/mol. The molecule has 0 unspecified atom stereocenters. The van der Waals surface area contributed by atoms with Gasteiger partial charge in [0.25, 0.3) is 0 Å². The van der Waals surface area contributed by atoms with Crippen LogP contribution in [0.4, 0.5) is 0 Å². The first-order valence-electron chi connectivity index (χ1n) is 3.87. The third-order valence-electron chi connectivity index (χ3n) is 1.90. The number of hydrogen-bond donors (Lipinski definition) is 4. The van der Waals surface area contributed by atoms with Crippen LogP contribution in [0.1, 0.15) is 27.6 Å². The van der Waals surface area contributed by atoms with Crippen molar-refractivity contribution in [3.8, 4) is 23.0 Å². The van der Waals surface area contributed by atoms with E-state index in [0.29, 0.717) is 0 Å². The van der Waals surface area contributed by atoms with Gasteiger partial charge in [-0.25, -0.2) is 0 Å². The van der Waals surface area contributed by atoms with Gasteiger partial charge in [0.2, 0.25) is 5.75 Å². The maximum atomic E-state index is 11.0. The first kappa shape index (κ1) is 10.8. The van der Waals surface area contributed by atoms with Gasteiger partial charge in [-0.1, -0.05) is 0 Å². The van der Waals surface area contributed by atoms with E-state index in [9.17, 15) is 19.8 Å². The molecule has 1 rings (SSSR count). The quantitative estimate of drug-likeness (QED) is 0.246. The van der Waals surface area contributed by atoms with Gasteiger partial charge in [0.05, 0.1) is 0 Å². The summed E-state index contributed by atoms with van der Waals surface area (Å²) in [7, 11) is 0. The molecule has 4 N–H and O–H groups in total. The molecule has 1 aromatic rings. The van der Waals surface area contributed by atoms with Gasteiger partial charge in [-0.3, -0.25) is 9.59 Å². The van der Waals surface area contributed by atoms with Gasteiger partial charge in [0.15, 0.2) is 23.6 Å². The average molecular weight is 212 g/mol. The molecule has 0 aliphatic carbocycles. The van der Waals surface area contributed by atoms with Crippen molar-refractivity contribution in [2.24, 2.45) is 0 Å². The molecule has 0 aromatic heterocycles. The lowest BCUT2D eigenvalue weighted by molar-refractivity contribution is 0.101. The zero-order chi connectivity index (χ0) is 11.7. The Morgan fingerprint density at radius 3 is 1.93 bits per heavy atom. The van der Waals surface area contributed by atoms with Gasteiger partial charge in [0.1, 0.15) is 16.9 Å². The van der Waals surface area contributed by atoms with E-state index in [0.717, 1.165) is 6.92 Å². The van der Waals surface area contributed by atoms with Gasteiger partial charge >= 0.3 is 0 Å². The van der Waals surface area contributed by atoms with Crippen molar-refractivity contribution >= 4 is 12.1 Å². The molecule has 0 aliphatic heterocycles. The van der Waals surface area contributed by atoms with Crippen LogP contribution in [0.5, 0.6) is 23.0 Å². The number of ketones is 1. The van der Waals surface area contributed by atoms with E-state index >= 15 is 0 Å². The van der Waals surface area contributed by atoms with Crippen molar-refractivity contribution in [1.82, 2.24) is 0 Å². The Bertz CT molecular complexity index is 449. The van der Waals surface area contributed by atoms with E-state index in [1.54, 1.807) is 0 Å². The number of phenols is 4. The number of Topliss-reactive ketones (excluding diaryl/α,β-unsaturated/α-hetero) is 1. The topological polar surface area (TPSA) is 115 Å². The maximum Gasteiger partial charge on any atom is 0.202 e. The van der Waals surface area contributed by atoms with Crippen molar-refractivity contribution < 1.29 is 30.0 Å². The van der Waals surface area contributed by atoms with Crippen LogP contribution in [-0.2, 0) is 0 Å². The smallest absolute Gasteiger partial charge is 0.202 e. The third kappa shape index (κ3) is 1.45. The summed E-state index contributed by atoms with van der Waals surface area (Å²) >= 11 is 0. The van der Waals surface area contributed by atoms with Crippen molar-refractivity contribution in [3.63, 3.8) is 0 Å². The van der Waals surface area contributed by atoms with Gasteiger partial charge in [0, 0.05) is 0 Å². The van der Waals surface area contributed by atoms with Gasteiger partial charge < -0.3 is 20.4 Å². The molecule has 6 heteroatoms. The number of hydrogen-bond acceptors (Lipinski definition) is 6. The Hall–Kier alpha value is -2.24. The fourth-order valence-corrected chi connectivity index (χ4v) is 1.16. The molecule has 0 radical (unpaired) electrons. The second-order valence-corrected chi connectivity index (χ2v) is 2.86. The van der Waals surface area contributed by atoms with Crippen LogP contribution in [0, 0.1) is 0 Å². The van der Waals surface area contributed by atoms with E-state index in [-0.39, 0.29) is 6.29 Å². The van der Waals surface area contributed by atoms with Crippen LogP contribution in [0.15, 0.2) is 0 Å². The van der Waals surface area contributed by atoms with Crippen LogP contribution in [-0.4, -0.2) is 32.5 Å². The number of phenolic OH excluding ortho intramolecular Hbond substituents is 4. The lowest BCUT2D eigenvalue weighted by atomic mass is 10.0. The second kappa shape index (κ2) is 3.49. The Balaban J connectivity index is 3.75. The molecule has 0 fully saturated rings. The minimum Gasteiger partial charge on any atom is -0.506 e. The summed E-state index contributed by atoms with van der Waals surface area (Å²) in [5.41, 5.74) is -1.25. The monoisotopic (exact) mass is 212 g/mol. The predicted octanol–water partition coefficient (Wildman–Crippen LogP) is 0.524. The molecule has 0 atom stereocenters. The molecule has 1 aromatic carbocycles. The van der Waals surface area contributed by atoms with Crippen LogP contribution < -0.4 is 0 Å². The fourth-order valence-electron chi connectivity index (χ4n) is 1.16. The Labute approximate surface area is 84.0 Å². The lowest BCUT2D eigenvalue weighted by Crippen LogP contribution is -1.97. The SMILES string of the molecule is CC(=O)c1c(O)c(O)c(O)c(C=O)c1O. The summed E-state index contributed by atoms with van der Waals surface area (Å²) in [6, 6.07) is 0. The number of aldehydes is 1. The van der Waals surface area contributed by atoms with E-state index in [1.807, 2.05) is 0 Å². The highest BCUT2D eigenvalue weighted by Gasteiger charge is 2.25. The summed E-state index contributed by atoms with van der Waals surface area (Å²) in [4.78, 5) is 21.5. The number of carbonyl (C=O) groups is 2. The van der Waals surface area contributed by atoms with Crippen LogP contribution >= 0.6 is 0 Å². The highest BCUT2D eigenvalue weighted by molar-refractivity contribution is 6.04. The normalized spacial score (nSPS) is 9.93. The molecule has 15 heavy (non-hydrogen) atoms. The van der Waals surface area contributed by atoms with E-state index in [1.165, 1.54) is 0 Å². The summed E-state index contributed by atoms with van der Waals surface area (Å²) < 4.78 is 0. The molecule has 6 nitrogen and oxygen atoms in total. The van der Waals surface area contributed by atoms with E-state index in [4.69, 9.17) is 10.2 Å². The first-order valence-corrected chi connectivity index (χ1v) is 3.87. The molecule has 0 saturated heterocycles. The Kier molecular flexibility index (Phi) is 2.52. The zero-order valence-electron chi connectivity index (χ0n) is 7.68. The minimum absolute atomic E-state index is 0.0657. The summed E-state index contributed by atoms with van der Waals surface area (Å²) in [5, 5.41) is 36.9. The largest absolute Gasteiger partial charge is 0.506 e. The molecule has 0 amide bonds. The van der Waals surface area contributed by atoms with Crippen LogP contribution in [0.2, 0.25) is 0 Å². The van der Waals surface area contributed by atoms with Gasteiger partial charge in [-0.05, 0) is 6.92 Å². The summed E-state index contributed by atoms with van der Waals surface area (Å²) in [5.74, 6) is -4.54. The highest BCUT2D eigenvalue weighted by atomic mass is 16.3. The van der Waals surface area contributed by atoms with E-state index < -0.39 is 39.9 Å². The number of aromatic hydroxyl groups is 4. The minimum atomic E-state index is -1.01. The summed E-state index contributed by atoms with van der Waals surface area (Å²) in [6.07, 6.45) is 0.0657. The van der Waals surface area contributed by atoms with Gasteiger partial charge in [-0.2, -0.15) is 0 Å². The number of rotatable bonds is 2. The third-order valence-corrected chi connectivity index (χ3v) is 1.90. The fraction of sp³-hybridized carbons (Fsp3) is 0.111. The maximum absolute atomic E-state index is 11.0. The number of carbonyl (C=O) groups excluding carboxylic acids is 2. The molecule has 0 saturated carbocycles. The molecular formula is C9H8O6. The first-order chi connectivity index (χ1) is 6.91. The Morgan fingerprint density at radius 2 is 1.53 bits per heavy atom. The Morgan fingerprint density at radius 1 is 1.00 bits per heavy atom. The molecule has 0 heterocycles. The van der Waals surface area contributed by atoms with Crippen molar-refractivity contribution in [1.29, 1.82) is 0 Å². The van der Waals surface area contributed by atoms with Gasteiger partial charge in [-0.15, -0.1) is 0 Å². The lowest BCUT2D eigenvalue weighted by Gasteiger charge is -2.10. The summed E-state index contributed by atoms with van der Waals surface area (Å²) in [6.45, 7) is 1.03. The van der Waals surface area contributed by atoms with E-state index in [2.05, 4.69) is 0 Å². The average Bonchev–Trinajstić information content (AvgIpc) is 2.15. The van der Waals surface area contributed by atoms with Crippen molar-refractivity contribution in [2.45, 2.75) is 6.92 Å². The molecule has 80 valence electrons. The number of benzene rings is 1. The second-order valence-electron chi connectivity index (χ2n) is 2.86. The van der Waals surface area contributed by atoms with Crippen LogP contribution in [0.25, 0.3) is 0 Å².